The largest absolute Gasteiger partial charge is 0.494 e. The molecule has 20 nitrogen and oxygen atoms in total. The number of thiazole rings is 2. The van der Waals surface area contributed by atoms with Crippen LogP contribution in [-0.2, 0) is 61.4 Å². The van der Waals surface area contributed by atoms with Crippen LogP contribution in [-0.4, -0.2) is 145 Å². The van der Waals surface area contributed by atoms with Gasteiger partial charge in [-0.1, -0.05) is 59.6 Å². The third-order valence-electron chi connectivity index (χ3n) is 19.7. The van der Waals surface area contributed by atoms with E-state index in [1.807, 2.05) is 159 Å². The summed E-state index contributed by atoms with van der Waals surface area (Å²) in [5, 5.41) is 13.9. The third kappa shape index (κ3) is 16.4. The Labute approximate surface area is 644 Å². The van der Waals surface area contributed by atoms with Gasteiger partial charge in [0.1, 0.15) is 16.2 Å². The predicted molar refractivity (Wildman–Crippen MR) is 422 cm³/mol. The first-order valence-corrected chi connectivity index (χ1v) is 39.3. The van der Waals surface area contributed by atoms with Crippen molar-refractivity contribution in [2.24, 2.45) is 14.1 Å². The fourth-order valence-corrected chi connectivity index (χ4v) is 16.3. The zero-order valence-corrected chi connectivity index (χ0v) is 67.5. The minimum atomic E-state index is -0.852. The van der Waals surface area contributed by atoms with E-state index < -0.39 is 30.5 Å². The Hall–Kier alpha value is -7.52. The number of ether oxygens (including phenoxy) is 6. The molecule has 5 fully saturated rings. The molecule has 2 saturated carbocycles. The van der Waals surface area contributed by atoms with Gasteiger partial charge in [0.25, 0.3) is 0 Å². The van der Waals surface area contributed by atoms with Crippen LogP contribution in [0.3, 0.4) is 0 Å². The van der Waals surface area contributed by atoms with Gasteiger partial charge in [-0.2, -0.15) is 10.2 Å². The van der Waals surface area contributed by atoms with Crippen molar-refractivity contribution in [2.45, 2.75) is 181 Å². The van der Waals surface area contributed by atoms with Gasteiger partial charge in [-0.25, -0.2) is 29.1 Å². The summed E-state index contributed by atoms with van der Waals surface area (Å²) in [4.78, 5) is 64.3. The Kier molecular flexibility index (Phi) is 21.8. The van der Waals surface area contributed by atoms with Gasteiger partial charge in [0.2, 0.25) is 0 Å². The molecule has 5 aliphatic rings. The van der Waals surface area contributed by atoms with Crippen LogP contribution in [0, 0.1) is 13.8 Å². The number of hydrogen-bond acceptors (Lipinski definition) is 18. The third-order valence-corrected chi connectivity index (χ3v) is 22.9. The molecule has 106 heavy (non-hydrogen) atoms. The van der Waals surface area contributed by atoms with Crippen molar-refractivity contribution in [1.29, 1.82) is 0 Å². The molecule has 0 N–H and O–H groups in total. The van der Waals surface area contributed by atoms with Gasteiger partial charge in [0, 0.05) is 101 Å². The van der Waals surface area contributed by atoms with E-state index in [0.29, 0.717) is 42.8 Å². The van der Waals surface area contributed by atoms with Crippen molar-refractivity contribution in [1.82, 2.24) is 39.3 Å². The van der Waals surface area contributed by atoms with Crippen LogP contribution in [0.5, 0.6) is 0 Å². The molecule has 4 aromatic heterocycles. The zero-order chi connectivity index (χ0) is 75.8. The number of benzene rings is 6. The van der Waals surface area contributed by atoms with Gasteiger partial charge in [-0.3, -0.25) is 9.36 Å². The van der Waals surface area contributed by atoms with Gasteiger partial charge >= 0.3 is 31.2 Å². The maximum atomic E-state index is 13.4. The number of hydrogen-bond donors (Lipinski definition) is 0. The minimum absolute atomic E-state index is 0.0388. The van der Waals surface area contributed by atoms with Crippen LogP contribution >= 0.6 is 61.8 Å². The number of carbonyl (C=O) groups is 4. The van der Waals surface area contributed by atoms with Gasteiger partial charge in [0.15, 0.2) is 16.1 Å². The van der Waals surface area contributed by atoms with Crippen LogP contribution in [0.1, 0.15) is 166 Å². The summed E-state index contributed by atoms with van der Waals surface area (Å²) < 4.78 is 53.4. The number of aryl methyl sites for hydroxylation is 4. The molecule has 558 valence electrons. The molecule has 0 spiro atoms. The lowest BCUT2D eigenvalue weighted by Crippen LogP contribution is -2.50. The number of esters is 2. The van der Waals surface area contributed by atoms with Gasteiger partial charge in [0.05, 0.1) is 79.5 Å². The predicted octanol–water partition coefficient (Wildman–Crippen LogP) is 18.3. The van der Waals surface area contributed by atoms with E-state index in [9.17, 15) is 19.2 Å². The van der Waals surface area contributed by atoms with Crippen LogP contribution < -0.4 is 5.46 Å². The van der Waals surface area contributed by atoms with E-state index >= 15 is 0 Å². The standard InChI is InChI=1S/C37H39ClN4O5S.C22H32BN3O4.C21H19BrClNO3S/c1-7-45-35(43)32(46-25-13-14-25)29-20(2)16-27-33(30(29)21-8-11-24(38)12-9-21)48-34(39-27)22-10-15-28-26(17-22)31(40-41(28)6)23-18-42(19-23)36(44)47-37(3,4)5;1-20(2,3)28-19(27)26-12-14(13-26)18-16-11-15(9-10-17(16)25(8)24-18)23-29-21(4,5)22(6,7)30-23;1-3-26-20(25)18(27-14-8-9-14)16-11(2)10-15-19(28-21(22)24-15)17(16)12-4-6-13(23)7-5-12/h8-12,15-17,23,25,32H,7,13-14,18-19H2,1-6H3;9-11,14H,12-13H2,1-8H3;4-7,10,14,18H,3,8-9H2,1-2H3/t32-;;18-/m0.0/s1. The molecular weight excluding hydrogens is 1490 g/mol. The Bertz CT molecular complexity index is 4990. The number of likely N-dealkylation sites (tertiary alicyclic amines) is 2. The number of carbonyl (C=O) groups excluding carboxylic acids is 4. The van der Waals surface area contributed by atoms with Gasteiger partial charge in [-0.05, 0) is 227 Å². The number of nitrogens with zero attached hydrogens (tertiary/aromatic N) is 8. The van der Waals surface area contributed by atoms with Crippen LogP contribution in [0.15, 0.2) is 101 Å². The number of rotatable bonds is 16. The van der Waals surface area contributed by atoms with Crippen LogP contribution in [0.4, 0.5) is 9.59 Å². The molecule has 0 radical (unpaired) electrons. The van der Waals surface area contributed by atoms with Crippen LogP contribution in [0.25, 0.3) is 75.1 Å². The topological polar surface area (TPSA) is 210 Å². The van der Waals surface area contributed by atoms with E-state index in [0.717, 1.165) is 144 Å². The molecular formula is C80H90BBrCl2N8O12S2. The van der Waals surface area contributed by atoms with Crippen molar-refractivity contribution in [3.05, 3.63) is 145 Å². The van der Waals surface area contributed by atoms with Crippen molar-refractivity contribution >= 4 is 141 Å². The van der Waals surface area contributed by atoms with E-state index in [2.05, 4.69) is 78.9 Å². The van der Waals surface area contributed by atoms with E-state index in [1.165, 1.54) is 0 Å². The molecule has 26 heteroatoms. The van der Waals surface area contributed by atoms with Crippen molar-refractivity contribution in [2.75, 3.05) is 39.4 Å². The van der Waals surface area contributed by atoms with Crippen LogP contribution in [0.2, 0.25) is 10.0 Å². The number of amides is 2. The van der Waals surface area contributed by atoms with Gasteiger partial charge < -0.3 is 47.5 Å². The molecule has 15 rings (SSSR count). The molecule has 3 saturated heterocycles. The van der Waals surface area contributed by atoms with Crippen molar-refractivity contribution in [3.63, 3.8) is 0 Å². The fourth-order valence-electron chi connectivity index (χ4n) is 13.4. The summed E-state index contributed by atoms with van der Waals surface area (Å²) in [5.41, 5.74) is 13.2. The average molecular weight is 1580 g/mol. The first-order valence-electron chi connectivity index (χ1n) is 36.1. The quantitative estimate of drug-likeness (QED) is 0.0500. The molecule has 7 heterocycles. The van der Waals surface area contributed by atoms with E-state index in [-0.39, 0.29) is 66.0 Å². The summed E-state index contributed by atoms with van der Waals surface area (Å²) >= 11 is 19.0. The summed E-state index contributed by atoms with van der Waals surface area (Å²) in [6, 6.07) is 31.9. The molecule has 0 unspecified atom stereocenters. The molecule has 2 amide bonds. The Morgan fingerprint density at radius 2 is 0.991 bits per heavy atom. The summed E-state index contributed by atoms with van der Waals surface area (Å²) in [7, 11) is 3.48. The monoisotopic (exact) mass is 1580 g/mol. The Balaban J connectivity index is 0.000000149. The molecule has 10 aromatic rings. The first kappa shape index (κ1) is 76.7. The fraction of sp³-hybridized carbons (Fsp3) is 0.450. The highest BCUT2D eigenvalue weighted by Crippen LogP contribution is 2.49. The second kappa shape index (κ2) is 30.2. The minimum Gasteiger partial charge on any atom is -0.464 e. The van der Waals surface area contributed by atoms with Gasteiger partial charge in [-0.15, -0.1) is 22.7 Å². The molecule has 2 aliphatic carbocycles. The number of aromatic nitrogens is 6. The lowest BCUT2D eigenvalue weighted by Gasteiger charge is -2.39. The molecule has 3 aliphatic heterocycles. The molecule has 0 bridgehead atoms. The first-order chi connectivity index (χ1) is 50.1. The Morgan fingerprint density at radius 3 is 1.42 bits per heavy atom. The number of halogens is 3. The second-order valence-corrected chi connectivity index (χ2v) is 35.0. The second-order valence-electron chi connectivity index (χ2n) is 30.9. The highest BCUT2D eigenvalue weighted by Gasteiger charge is 2.52. The maximum Gasteiger partial charge on any atom is 0.494 e. The molecule has 6 aromatic carbocycles. The Morgan fingerprint density at radius 1 is 0.585 bits per heavy atom. The lowest BCUT2D eigenvalue weighted by molar-refractivity contribution is -0.159. The number of fused-ring (bicyclic) bond motifs is 4. The maximum absolute atomic E-state index is 13.4. The smallest absolute Gasteiger partial charge is 0.464 e. The van der Waals surface area contributed by atoms with E-state index in [1.54, 1.807) is 32.5 Å². The summed E-state index contributed by atoms with van der Waals surface area (Å²) in [6.07, 6.45) is 1.77. The summed E-state index contributed by atoms with van der Waals surface area (Å²) in [6.45, 7) is 30.0. The normalized spacial score (nSPS) is 17.2. The van der Waals surface area contributed by atoms with Crippen molar-refractivity contribution in [3.8, 4) is 32.8 Å². The van der Waals surface area contributed by atoms with E-state index in [4.69, 9.17) is 76.1 Å². The summed E-state index contributed by atoms with van der Waals surface area (Å²) in [5.74, 6) is -0.437. The lowest BCUT2D eigenvalue weighted by atomic mass is 9.78. The molecule has 2 atom stereocenters. The average Bonchev–Trinajstić information content (AvgIpc) is 1.56. The van der Waals surface area contributed by atoms with Crippen molar-refractivity contribution < 1.29 is 56.9 Å². The highest BCUT2D eigenvalue weighted by molar-refractivity contribution is 9.11. The highest BCUT2D eigenvalue weighted by atomic mass is 79.9. The SMILES string of the molecule is CCOC(=O)[C@@H](OC1CC1)c1c(C)cc2nc(-c3ccc4c(c3)c(C3CN(C(=O)OC(C)(C)C)C3)nn4C)sc2c1-c1ccc(Cl)cc1.CCOC(=O)[C@@H](OC1CC1)c1c(C)cc2nc(Br)sc2c1-c1ccc(Cl)cc1.Cn1nc(C2CN(C(=O)OC(C)(C)C)C2)c2cc(B3OC(C)(C)C(C)(C)O3)ccc21. The zero-order valence-electron chi connectivity index (χ0n) is 62.8.